The number of hydrogen-bond donors (Lipinski definition) is 1. The molecule has 1 saturated carbocycles. The lowest BCUT2D eigenvalue weighted by atomic mass is 9.86. The molecule has 134 valence electrons. The van der Waals surface area contributed by atoms with E-state index in [0.29, 0.717) is 28.8 Å². The van der Waals surface area contributed by atoms with E-state index in [1.165, 1.54) is 36.6 Å². The summed E-state index contributed by atoms with van der Waals surface area (Å²) in [7, 11) is 0. The molecule has 0 unspecified atom stereocenters. The molecule has 5 nitrogen and oxygen atoms in total. The average Bonchev–Trinajstić information content (AvgIpc) is 3.11. The third-order valence-corrected chi connectivity index (χ3v) is 5.62. The molecule has 6 heteroatoms. The summed E-state index contributed by atoms with van der Waals surface area (Å²) in [6.07, 6.45) is 5.75. The number of thioether (sulfide) groups is 1. The van der Waals surface area contributed by atoms with Gasteiger partial charge in [0, 0.05) is 11.6 Å². The predicted molar refractivity (Wildman–Crippen MR) is 99.4 cm³/mol. The van der Waals surface area contributed by atoms with Crippen LogP contribution in [-0.4, -0.2) is 27.9 Å². The van der Waals surface area contributed by atoms with Gasteiger partial charge in [-0.1, -0.05) is 50.6 Å². The highest BCUT2D eigenvalue weighted by atomic mass is 32.2. The van der Waals surface area contributed by atoms with Crippen molar-refractivity contribution in [2.75, 3.05) is 5.75 Å². The van der Waals surface area contributed by atoms with Gasteiger partial charge in [0.15, 0.2) is 0 Å². The van der Waals surface area contributed by atoms with Crippen LogP contribution in [-0.2, 0) is 11.2 Å². The van der Waals surface area contributed by atoms with Gasteiger partial charge in [-0.3, -0.25) is 4.79 Å². The Morgan fingerprint density at radius 3 is 2.72 bits per heavy atom. The van der Waals surface area contributed by atoms with E-state index in [1.807, 2.05) is 12.1 Å². The van der Waals surface area contributed by atoms with Crippen molar-refractivity contribution in [1.82, 2.24) is 15.5 Å². The van der Waals surface area contributed by atoms with Gasteiger partial charge in [-0.05, 0) is 42.9 Å². The van der Waals surface area contributed by atoms with Crippen LogP contribution in [0.1, 0.15) is 45.1 Å². The van der Waals surface area contributed by atoms with Crippen LogP contribution in [0.25, 0.3) is 11.5 Å². The van der Waals surface area contributed by atoms with Crippen LogP contribution in [0.15, 0.2) is 33.9 Å². The predicted octanol–water partition coefficient (Wildman–Crippen LogP) is 4.09. The number of aromatic nitrogens is 2. The zero-order chi connectivity index (χ0) is 17.6. The minimum Gasteiger partial charge on any atom is -0.411 e. The maximum absolute atomic E-state index is 12.2. The van der Waals surface area contributed by atoms with Crippen molar-refractivity contribution in [2.45, 2.75) is 57.2 Å². The molecular formula is C19H25N3O2S. The second kappa shape index (κ2) is 8.52. The molecule has 3 rings (SSSR count). The summed E-state index contributed by atoms with van der Waals surface area (Å²) in [6.45, 7) is 4.33. The van der Waals surface area contributed by atoms with Gasteiger partial charge in [-0.25, -0.2) is 0 Å². The number of carbonyl (C=O) groups is 1. The molecule has 0 saturated heterocycles. The first-order valence-corrected chi connectivity index (χ1v) is 9.99. The largest absolute Gasteiger partial charge is 0.411 e. The SMILES string of the molecule is CCc1ccc(-c2nnc(SCC(=O)N[C@@H]3CCCC[C@@H]3C)o2)cc1. The summed E-state index contributed by atoms with van der Waals surface area (Å²) in [5.41, 5.74) is 2.17. The molecule has 1 aromatic heterocycles. The molecule has 1 aliphatic carbocycles. The minimum atomic E-state index is 0.0378. The topological polar surface area (TPSA) is 68.0 Å². The second-order valence-electron chi connectivity index (χ2n) is 6.65. The second-order valence-corrected chi connectivity index (χ2v) is 7.57. The van der Waals surface area contributed by atoms with Gasteiger partial charge in [0.2, 0.25) is 11.8 Å². The highest BCUT2D eigenvalue weighted by Crippen LogP contribution is 2.25. The zero-order valence-electron chi connectivity index (χ0n) is 14.8. The Kier molecular flexibility index (Phi) is 6.13. The van der Waals surface area contributed by atoms with Gasteiger partial charge < -0.3 is 9.73 Å². The fourth-order valence-corrected chi connectivity index (χ4v) is 3.75. The molecule has 0 radical (unpaired) electrons. The molecule has 0 bridgehead atoms. The van der Waals surface area contributed by atoms with E-state index in [0.717, 1.165) is 18.4 Å². The zero-order valence-corrected chi connectivity index (χ0v) is 15.6. The van der Waals surface area contributed by atoms with Crippen LogP contribution in [0.4, 0.5) is 0 Å². The fraction of sp³-hybridized carbons (Fsp3) is 0.526. The van der Waals surface area contributed by atoms with Crippen molar-refractivity contribution in [2.24, 2.45) is 5.92 Å². The molecule has 2 aromatic rings. The van der Waals surface area contributed by atoms with Crippen molar-refractivity contribution in [3.8, 4) is 11.5 Å². The van der Waals surface area contributed by atoms with Crippen LogP contribution in [0, 0.1) is 5.92 Å². The standard InChI is InChI=1S/C19H25N3O2S/c1-3-14-8-10-15(11-9-14)18-21-22-19(24-18)25-12-17(23)20-16-7-5-4-6-13(16)2/h8-11,13,16H,3-7,12H2,1-2H3,(H,20,23)/t13-,16+/m0/s1. The maximum atomic E-state index is 12.2. The minimum absolute atomic E-state index is 0.0378. The molecule has 1 fully saturated rings. The summed E-state index contributed by atoms with van der Waals surface area (Å²) in [4.78, 5) is 12.2. The third kappa shape index (κ3) is 4.84. The van der Waals surface area contributed by atoms with Gasteiger partial charge in [-0.2, -0.15) is 0 Å². The van der Waals surface area contributed by atoms with E-state index in [-0.39, 0.29) is 5.91 Å². The van der Waals surface area contributed by atoms with Crippen molar-refractivity contribution >= 4 is 17.7 Å². The van der Waals surface area contributed by atoms with Gasteiger partial charge in [0.25, 0.3) is 5.22 Å². The van der Waals surface area contributed by atoms with Crippen LogP contribution < -0.4 is 5.32 Å². The maximum Gasteiger partial charge on any atom is 0.277 e. The van der Waals surface area contributed by atoms with E-state index < -0.39 is 0 Å². The number of nitrogens with one attached hydrogen (secondary N) is 1. The first kappa shape index (κ1) is 18.0. The Labute approximate surface area is 153 Å². The van der Waals surface area contributed by atoms with Crippen molar-refractivity contribution in [3.63, 3.8) is 0 Å². The number of amides is 1. The lowest BCUT2D eigenvalue weighted by Crippen LogP contribution is -2.41. The highest BCUT2D eigenvalue weighted by molar-refractivity contribution is 7.99. The summed E-state index contributed by atoms with van der Waals surface area (Å²) in [5, 5.41) is 11.7. The molecule has 2 atom stereocenters. The van der Waals surface area contributed by atoms with E-state index in [9.17, 15) is 4.79 Å². The average molecular weight is 359 g/mol. The molecule has 1 N–H and O–H groups in total. The third-order valence-electron chi connectivity index (χ3n) is 4.80. The Hall–Kier alpha value is -1.82. The van der Waals surface area contributed by atoms with Crippen molar-refractivity contribution in [1.29, 1.82) is 0 Å². The molecule has 1 aromatic carbocycles. The Balaban J connectivity index is 1.51. The van der Waals surface area contributed by atoms with Crippen LogP contribution >= 0.6 is 11.8 Å². The Bertz CT molecular complexity index is 699. The summed E-state index contributed by atoms with van der Waals surface area (Å²) >= 11 is 1.29. The van der Waals surface area contributed by atoms with Gasteiger partial charge >= 0.3 is 0 Å². The van der Waals surface area contributed by atoms with E-state index in [2.05, 4.69) is 41.5 Å². The number of hydrogen-bond acceptors (Lipinski definition) is 5. The number of benzene rings is 1. The van der Waals surface area contributed by atoms with E-state index in [1.54, 1.807) is 0 Å². The lowest BCUT2D eigenvalue weighted by Gasteiger charge is -2.29. The normalized spacial score (nSPS) is 20.4. The van der Waals surface area contributed by atoms with Crippen LogP contribution in [0.2, 0.25) is 0 Å². The molecule has 25 heavy (non-hydrogen) atoms. The van der Waals surface area contributed by atoms with Gasteiger partial charge in [-0.15, -0.1) is 10.2 Å². The van der Waals surface area contributed by atoms with Crippen LogP contribution in [0.5, 0.6) is 0 Å². The number of rotatable bonds is 6. The van der Waals surface area contributed by atoms with Gasteiger partial charge in [0.1, 0.15) is 0 Å². The summed E-state index contributed by atoms with van der Waals surface area (Å²) in [6, 6.07) is 8.39. The van der Waals surface area contributed by atoms with E-state index in [4.69, 9.17) is 4.42 Å². The van der Waals surface area contributed by atoms with E-state index >= 15 is 0 Å². The molecule has 1 amide bonds. The molecule has 0 aliphatic heterocycles. The highest BCUT2D eigenvalue weighted by Gasteiger charge is 2.23. The lowest BCUT2D eigenvalue weighted by molar-refractivity contribution is -0.119. The number of carbonyl (C=O) groups excluding carboxylic acids is 1. The molecule has 1 aliphatic rings. The first-order valence-electron chi connectivity index (χ1n) is 9.00. The van der Waals surface area contributed by atoms with Gasteiger partial charge in [0.05, 0.1) is 5.75 Å². The quantitative estimate of drug-likeness (QED) is 0.787. The van der Waals surface area contributed by atoms with Crippen molar-refractivity contribution in [3.05, 3.63) is 29.8 Å². The van der Waals surface area contributed by atoms with Crippen LogP contribution in [0.3, 0.4) is 0 Å². The smallest absolute Gasteiger partial charge is 0.277 e. The summed E-state index contributed by atoms with van der Waals surface area (Å²) < 4.78 is 5.67. The Morgan fingerprint density at radius 1 is 1.24 bits per heavy atom. The monoisotopic (exact) mass is 359 g/mol. The fourth-order valence-electron chi connectivity index (χ4n) is 3.17. The Morgan fingerprint density at radius 2 is 2.00 bits per heavy atom. The number of nitrogens with zero attached hydrogens (tertiary/aromatic N) is 2. The first-order chi connectivity index (χ1) is 12.2. The molecular weight excluding hydrogens is 334 g/mol. The molecule has 1 heterocycles. The summed E-state index contributed by atoms with van der Waals surface area (Å²) in [5.74, 6) is 1.39. The molecule has 0 spiro atoms. The van der Waals surface area contributed by atoms with Crippen molar-refractivity contribution < 1.29 is 9.21 Å². The number of aryl methyl sites for hydroxylation is 1.